The summed E-state index contributed by atoms with van der Waals surface area (Å²) >= 11 is -0.955. The second kappa shape index (κ2) is 9.02. The van der Waals surface area contributed by atoms with Gasteiger partial charge in [0.15, 0.2) is 0 Å². The van der Waals surface area contributed by atoms with Gasteiger partial charge in [0.05, 0.1) is 8.26 Å². The summed E-state index contributed by atoms with van der Waals surface area (Å²) in [6, 6.07) is 17.2. The number of carbonyl (C=O) groups is 1. The number of halogens is 1. The zero-order chi connectivity index (χ0) is 20.1. The van der Waals surface area contributed by atoms with E-state index < -0.39 is 32.0 Å². The third kappa shape index (κ3) is 5.30. The molecule has 0 bridgehead atoms. The number of hydrogen-bond acceptors (Lipinski definition) is 3. The molecular weight excluding hydrogens is 485 g/mol. The molecule has 1 aromatic heterocycles. The Morgan fingerprint density at radius 3 is 2.50 bits per heavy atom. The van der Waals surface area contributed by atoms with Gasteiger partial charge in [-0.2, -0.15) is 2.94 Å². The highest BCUT2D eigenvalue weighted by Gasteiger charge is 2.20. The minimum absolute atomic E-state index is 0.175. The van der Waals surface area contributed by atoms with E-state index in [2.05, 4.69) is 13.2 Å². The Morgan fingerprint density at radius 2 is 1.79 bits per heavy atom. The summed E-state index contributed by atoms with van der Waals surface area (Å²) in [6.45, 7) is 5.73. The Labute approximate surface area is 177 Å². The van der Waals surface area contributed by atoms with Crippen LogP contribution in [0.2, 0.25) is 0 Å². The fourth-order valence-electron chi connectivity index (χ4n) is 2.35. The molecule has 0 fully saturated rings. The molecule has 2 N–H and O–H groups in total. The van der Waals surface area contributed by atoms with E-state index in [9.17, 15) is 9.00 Å². The number of nitrogens with one attached hydrogen (secondary N) is 2. The molecular formula is C21H22IN3O2S. The lowest BCUT2D eigenvalue weighted by molar-refractivity contribution is -0.110. The molecule has 1 heterocycles. The Bertz CT molecular complexity index is 1050. The first kappa shape index (κ1) is 20.8. The Balaban J connectivity index is 1.88. The predicted molar refractivity (Wildman–Crippen MR) is 126 cm³/mol. The lowest BCUT2D eigenvalue weighted by atomic mass is 10.1. The van der Waals surface area contributed by atoms with Crippen molar-refractivity contribution in [1.82, 2.24) is 7.92 Å². The maximum Gasteiger partial charge on any atom is 0.262 e. The van der Waals surface area contributed by atoms with Crippen molar-refractivity contribution < 1.29 is 9.00 Å². The van der Waals surface area contributed by atoms with E-state index >= 15 is 0 Å². The molecule has 0 spiro atoms. The van der Waals surface area contributed by atoms with Gasteiger partial charge in [-0.15, -0.1) is 0 Å². The third-order valence-corrected chi connectivity index (χ3v) is 8.73. The molecule has 3 rings (SSSR count). The number of amides is 1. The van der Waals surface area contributed by atoms with Gasteiger partial charge < -0.3 is 5.32 Å². The van der Waals surface area contributed by atoms with Crippen LogP contribution in [0.25, 0.3) is 10.8 Å². The average molecular weight is 507 g/mol. The van der Waals surface area contributed by atoms with Crippen molar-refractivity contribution in [1.29, 1.82) is 0 Å². The number of nitrogens with zero attached hydrogens (tertiary/aromatic N) is 1. The van der Waals surface area contributed by atoms with Crippen LogP contribution in [-0.4, -0.2) is 23.4 Å². The fraction of sp³-hybridized carbons (Fsp3) is 0.190. The van der Waals surface area contributed by atoms with E-state index in [1.54, 1.807) is 12.4 Å². The Hall–Kier alpha value is -1.97. The normalized spacial score (nSPS) is 13.6. The van der Waals surface area contributed by atoms with E-state index in [4.69, 9.17) is 0 Å². The van der Waals surface area contributed by atoms with Gasteiger partial charge in [0.1, 0.15) is 11.0 Å². The topological polar surface area (TPSA) is 71.1 Å². The van der Waals surface area contributed by atoms with Crippen LogP contribution in [0.5, 0.6) is 0 Å². The molecule has 0 radical (unpaired) electrons. The maximum atomic E-state index is 13.0. The van der Waals surface area contributed by atoms with Gasteiger partial charge in [0.25, 0.3) is 5.91 Å². The van der Waals surface area contributed by atoms with Crippen molar-refractivity contribution >= 4 is 57.9 Å². The van der Waals surface area contributed by atoms with Crippen LogP contribution < -0.4 is 8.25 Å². The Kier molecular flexibility index (Phi) is 6.69. The van der Waals surface area contributed by atoms with Crippen LogP contribution in [0.15, 0.2) is 67.0 Å². The van der Waals surface area contributed by atoms with Crippen molar-refractivity contribution in [3.63, 3.8) is 0 Å². The highest BCUT2D eigenvalue weighted by Crippen LogP contribution is 2.20. The second-order valence-corrected chi connectivity index (χ2v) is 12.0. The van der Waals surface area contributed by atoms with Crippen LogP contribution in [0.1, 0.15) is 26.3 Å². The Morgan fingerprint density at radius 1 is 1.04 bits per heavy atom. The summed E-state index contributed by atoms with van der Waals surface area (Å²) in [4.78, 5) is 17.1. The molecule has 0 saturated carbocycles. The molecule has 2 aromatic carbocycles. The van der Waals surface area contributed by atoms with E-state index in [0.29, 0.717) is 3.51 Å². The predicted octanol–water partition coefficient (Wildman–Crippen LogP) is 4.33. The number of carbonyl (C=O) groups excluding carboxylic acids is 1. The van der Waals surface area contributed by atoms with Gasteiger partial charge in [-0.25, -0.2) is 4.21 Å². The van der Waals surface area contributed by atoms with Crippen LogP contribution in [-0.2, 0) is 15.8 Å². The smallest absolute Gasteiger partial charge is 0.262 e. The zero-order valence-corrected chi connectivity index (χ0v) is 18.9. The number of aromatic nitrogens is 1. The molecule has 146 valence electrons. The van der Waals surface area contributed by atoms with Crippen molar-refractivity contribution in [2.75, 3.05) is 5.32 Å². The number of rotatable bonds is 5. The van der Waals surface area contributed by atoms with Crippen molar-refractivity contribution in [3.05, 3.63) is 72.6 Å². The van der Waals surface area contributed by atoms with Gasteiger partial charge in [0.2, 0.25) is 0 Å². The SMILES string of the molecule is CC(C)(C)[S@](=O)NI=C(C(=O)Nc1ccc2cnccc2c1)c1ccccc1. The summed E-state index contributed by atoms with van der Waals surface area (Å²) in [5.74, 6) is -0.175. The molecule has 0 saturated heterocycles. The van der Waals surface area contributed by atoms with Gasteiger partial charge in [-0.3, -0.25) is 9.78 Å². The number of hydrogen-bond donors (Lipinski definition) is 2. The summed E-state index contributed by atoms with van der Waals surface area (Å²) in [5.41, 5.74) is 1.56. The molecule has 1 atom stereocenters. The molecule has 5 nitrogen and oxygen atoms in total. The largest absolute Gasteiger partial charge is 0.322 e. The quantitative estimate of drug-likeness (QED) is 0.399. The lowest BCUT2D eigenvalue weighted by Gasteiger charge is -2.17. The molecule has 3 aromatic rings. The highest BCUT2D eigenvalue weighted by molar-refractivity contribution is 14.2. The van der Waals surface area contributed by atoms with Crippen molar-refractivity contribution in [3.8, 4) is 0 Å². The summed E-state index contributed by atoms with van der Waals surface area (Å²) in [5, 5.41) is 5.01. The maximum absolute atomic E-state index is 13.0. The van der Waals surface area contributed by atoms with Crippen LogP contribution >= 0.6 is 21.0 Å². The van der Waals surface area contributed by atoms with Gasteiger partial charge in [-0.1, -0.05) is 36.4 Å². The average Bonchev–Trinajstić information content (AvgIpc) is 2.68. The minimum atomic E-state index is -1.22. The first-order valence-electron chi connectivity index (χ1n) is 8.73. The summed E-state index contributed by atoms with van der Waals surface area (Å²) < 4.78 is 15.8. The number of fused-ring (bicyclic) bond motifs is 1. The molecule has 0 unspecified atom stereocenters. The molecule has 28 heavy (non-hydrogen) atoms. The van der Waals surface area contributed by atoms with Crippen molar-refractivity contribution in [2.45, 2.75) is 25.5 Å². The van der Waals surface area contributed by atoms with Gasteiger partial charge >= 0.3 is 0 Å². The van der Waals surface area contributed by atoms with Crippen LogP contribution in [0.3, 0.4) is 0 Å². The minimum Gasteiger partial charge on any atom is -0.322 e. The van der Waals surface area contributed by atoms with E-state index in [-0.39, 0.29) is 10.7 Å². The third-order valence-electron chi connectivity index (χ3n) is 3.88. The van der Waals surface area contributed by atoms with Crippen LogP contribution in [0, 0.1) is 0 Å². The van der Waals surface area contributed by atoms with E-state index in [1.165, 1.54) is 0 Å². The summed E-state index contributed by atoms with van der Waals surface area (Å²) in [7, 11) is -1.22. The number of pyridine rings is 1. The standard InChI is InChI=1S/C21H22IN3O2S/c1-21(2,3)28(27)25-22-19(15-7-5-4-6-8-15)20(26)24-18-10-9-17-14-23-12-11-16(17)13-18/h4-14,25H,1-3H3,(H,24,26)/t28-/m0/s1. The van der Waals surface area contributed by atoms with Gasteiger partial charge in [0, 0.05) is 23.5 Å². The molecule has 0 aliphatic heterocycles. The highest BCUT2D eigenvalue weighted by atomic mass is 127. The molecule has 7 heteroatoms. The summed E-state index contributed by atoms with van der Waals surface area (Å²) in [6.07, 6.45) is 3.52. The fourth-order valence-corrected chi connectivity index (χ4v) is 7.02. The molecule has 1 amide bonds. The second-order valence-electron chi connectivity index (χ2n) is 7.12. The monoisotopic (exact) mass is 507 g/mol. The first-order valence-corrected chi connectivity index (χ1v) is 12.0. The molecule has 0 aliphatic rings. The zero-order valence-electron chi connectivity index (χ0n) is 15.9. The first-order chi connectivity index (χ1) is 13.3. The van der Waals surface area contributed by atoms with E-state index in [0.717, 1.165) is 22.0 Å². The van der Waals surface area contributed by atoms with Crippen LogP contribution in [0.4, 0.5) is 5.69 Å². The number of benzene rings is 2. The lowest BCUT2D eigenvalue weighted by Crippen LogP contribution is -2.30. The van der Waals surface area contributed by atoms with E-state index in [1.807, 2.05) is 75.4 Å². The number of anilines is 1. The van der Waals surface area contributed by atoms with Gasteiger partial charge in [-0.05, 0) is 70.9 Å². The van der Waals surface area contributed by atoms with Crippen molar-refractivity contribution in [2.24, 2.45) is 0 Å². The molecule has 0 aliphatic carbocycles.